The quantitative estimate of drug-likeness (QED) is 0.586. The van der Waals surface area contributed by atoms with Crippen LogP contribution in [0, 0.1) is 5.82 Å². The van der Waals surface area contributed by atoms with Crippen LogP contribution in [0.5, 0.6) is 0 Å². The SMILES string of the molecule is CCc1ccc(CC)c(C(Cl)c2ccc(F)cc2Br)c1. The summed E-state index contributed by atoms with van der Waals surface area (Å²) in [5, 5.41) is -0.272. The first-order valence-corrected chi connectivity index (χ1v) is 8.00. The number of hydrogen-bond acceptors (Lipinski definition) is 0. The lowest BCUT2D eigenvalue weighted by Gasteiger charge is -2.17. The predicted octanol–water partition coefficient (Wildman–Crippen LogP) is 6.04. The van der Waals surface area contributed by atoms with Gasteiger partial charge in [0.1, 0.15) is 5.82 Å². The largest absolute Gasteiger partial charge is 0.207 e. The molecule has 3 heteroatoms. The molecule has 0 saturated carbocycles. The Bertz CT molecular complexity index is 610. The highest BCUT2D eigenvalue weighted by Gasteiger charge is 2.17. The summed E-state index contributed by atoms with van der Waals surface area (Å²) < 4.78 is 13.9. The number of rotatable bonds is 4. The van der Waals surface area contributed by atoms with Crippen molar-refractivity contribution in [3.05, 3.63) is 68.9 Å². The number of benzene rings is 2. The van der Waals surface area contributed by atoms with Crippen LogP contribution >= 0.6 is 27.5 Å². The second-order valence-electron chi connectivity index (χ2n) is 4.77. The van der Waals surface area contributed by atoms with Gasteiger partial charge in [-0.15, -0.1) is 11.6 Å². The van der Waals surface area contributed by atoms with Crippen molar-refractivity contribution in [2.75, 3.05) is 0 Å². The second kappa shape index (κ2) is 6.73. The number of alkyl halides is 1. The van der Waals surface area contributed by atoms with Crippen LogP contribution in [0.2, 0.25) is 0 Å². The van der Waals surface area contributed by atoms with Gasteiger partial charge < -0.3 is 0 Å². The summed E-state index contributed by atoms with van der Waals surface area (Å²) in [6.07, 6.45) is 1.91. The average Bonchev–Trinajstić information content (AvgIpc) is 2.46. The van der Waals surface area contributed by atoms with Gasteiger partial charge >= 0.3 is 0 Å². The molecule has 0 heterocycles. The maximum Gasteiger partial charge on any atom is 0.124 e. The van der Waals surface area contributed by atoms with E-state index in [1.54, 1.807) is 6.07 Å². The molecule has 0 fully saturated rings. The van der Waals surface area contributed by atoms with Crippen molar-refractivity contribution in [3.8, 4) is 0 Å². The van der Waals surface area contributed by atoms with Gasteiger partial charge in [-0.2, -0.15) is 0 Å². The Morgan fingerprint density at radius 1 is 1.05 bits per heavy atom. The highest BCUT2D eigenvalue weighted by molar-refractivity contribution is 9.10. The van der Waals surface area contributed by atoms with Crippen LogP contribution in [0.3, 0.4) is 0 Å². The number of halogens is 3. The molecule has 106 valence electrons. The molecule has 2 aromatic carbocycles. The zero-order valence-electron chi connectivity index (χ0n) is 11.6. The topological polar surface area (TPSA) is 0 Å². The minimum atomic E-state index is -0.272. The highest BCUT2D eigenvalue weighted by atomic mass is 79.9. The highest BCUT2D eigenvalue weighted by Crippen LogP contribution is 2.36. The fourth-order valence-electron chi connectivity index (χ4n) is 2.30. The Labute approximate surface area is 133 Å². The third-order valence-corrected chi connectivity index (χ3v) is 4.66. The molecule has 1 unspecified atom stereocenters. The van der Waals surface area contributed by atoms with Crippen LogP contribution in [0.25, 0.3) is 0 Å². The molecule has 0 nitrogen and oxygen atoms in total. The van der Waals surface area contributed by atoms with E-state index >= 15 is 0 Å². The van der Waals surface area contributed by atoms with E-state index in [1.165, 1.54) is 23.3 Å². The summed E-state index contributed by atoms with van der Waals surface area (Å²) in [5.41, 5.74) is 4.51. The number of aryl methyl sites for hydroxylation is 2. The van der Waals surface area contributed by atoms with Crippen molar-refractivity contribution in [3.63, 3.8) is 0 Å². The molecule has 2 rings (SSSR count). The van der Waals surface area contributed by atoms with Crippen molar-refractivity contribution in [2.24, 2.45) is 0 Å². The lowest BCUT2D eigenvalue weighted by Crippen LogP contribution is -2.01. The van der Waals surface area contributed by atoms with Crippen LogP contribution in [0.1, 0.15) is 41.5 Å². The van der Waals surface area contributed by atoms with Crippen LogP contribution < -0.4 is 0 Å². The first kappa shape index (κ1) is 15.5. The normalized spacial score (nSPS) is 12.4. The molecule has 0 spiro atoms. The van der Waals surface area contributed by atoms with Crippen LogP contribution in [0.15, 0.2) is 40.9 Å². The zero-order chi connectivity index (χ0) is 14.7. The smallest absolute Gasteiger partial charge is 0.124 e. The number of hydrogen-bond donors (Lipinski definition) is 0. The van der Waals surface area contributed by atoms with Crippen molar-refractivity contribution < 1.29 is 4.39 Å². The van der Waals surface area contributed by atoms with E-state index in [-0.39, 0.29) is 11.2 Å². The Morgan fingerprint density at radius 3 is 2.40 bits per heavy atom. The summed E-state index contributed by atoms with van der Waals surface area (Å²) in [6, 6.07) is 11.1. The summed E-state index contributed by atoms with van der Waals surface area (Å²) in [5.74, 6) is -0.262. The Balaban J connectivity index is 2.48. The van der Waals surface area contributed by atoms with Gasteiger partial charge in [0.05, 0.1) is 5.38 Å². The molecule has 20 heavy (non-hydrogen) atoms. The van der Waals surface area contributed by atoms with Gasteiger partial charge in [-0.1, -0.05) is 54.0 Å². The molecule has 0 aliphatic carbocycles. The first-order chi connectivity index (χ1) is 9.56. The van der Waals surface area contributed by atoms with E-state index < -0.39 is 0 Å². The third-order valence-electron chi connectivity index (χ3n) is 3.51. The summed E-state index contributed by atoms with van der Waals surface area (Å²) >= 11 is 10.1. The van der Waals surface area contributed by atoms with Crippen LogP contribution in [-0.4, -0.2) is 0 Å². The Hall–Kier alpha value is -0.860. The maximum absolute atomic E-state index is 13.2. The lowest BCUT2D eigenvalue weighted by molar-refractivity contribution is 0.626. The molecular formula is C17H17BrClF. The fraction of sp³-hybridized carbons (Fsp3) is 0.294. The molecule has 0 saturated heterocycles. The van der Waals surface area contributed by atoms with E-state index in [2.05, 4.69) is 48.0 Å². The molecular weight excluding hydrogens is 339 g/mol. The maximum atomic E-state index is 13.2. The second-order valence-corrected chi connectivity index (χ2v) is 6.06. The molecule has 1 atom stereocenters. The van der Waals surface area contributed by atoms with Gasteiger partial charge in [0.2, 0.25) is 0 Å². The summed E-state index contributed by atoms with van der Waals surface area (Å²) in [7, 11) is 0. The minimum absolute atomic E-state index is 0.262. The predicted molar refractivity (Wildman–Crippen MR) is 87.0 cm³/mol. The summed E-state index contributed by atoms with van der Waals surface area (Å²) in [4.78, 5) is 0. The molecule has 0 aromatic heterocycles. The van der Waals surface area contributed by atoms with Gasteiger partial charge in [-0.3, -0.25) is 0 Å². The molecule has 0 aliphatic rings. The minimum Gasteiger partial charge on any atom is -0.207 e. The van der Waals surface area contributed by atoms with Gasteiger partial charge in [-0.25, -0.2) is 4.39 Å². The average molecular weight is 356 g/mol. The van der Waals surface area contributed by atoms with E-state index in [1.807, 2.05) is 0 Å². The monoisotopic (exact) mass is 354 g/mol. The third kappa shape index (κ3) is 3.24. The molecule has 0 radical (unpaired) electrons. The van der Waals surface area contributed by atoms with Gasteiger partial charge in [0.15, 0.2) is 0 Å². The van der Waals surface area contributed by atoms with E-state index in [0.717, 1.165) is 24.0 Å². The van der Waals surface area contributed by atoms with Crippen LogP contribution in [-0.2, 0) is 12.8 Å². The Kier molecular flexibility index (Phi) is 5.22. The van der Waals surface area contributed by atoms with Gasteiger partial charge in [0, 0.05) is 4.47 Å². The van der Waals surface area contributed by atoms with Gasteiger partial charge in [0.25, 0.3) is 0 Å². The van der Waals surface area contributed by atoms with E-state index in [0.29, 0.717) is 4.47 Å². The lowest BCUT2D eigenvalue weighted by atomic mass is 9.95. The standard InChI is InChI=1S/C17H17BrClF/c1-3-11-5-6-12(4-2)15(9-11)17(19)14-8-7-13(20)10-16(14)18/h5-10,17H,3-4H2,1-2H3. The van der Waals surface area contributed by atoms with Crippen molar-refractivity contribution in [1.82, 2.24) is 0 Å². The van der Waals surface area contributed by atoms with Crippen LogP contribution in [0.4, 0.5) is 4.39 Å². The van der Waals surface area contributed by atoms with E-state index in [4.69, 9.17) is 11.6 Å². The molecule has 0 N–H and O–H groups in total. The zero-order valence-corrected chi connectivity index (χ0v) is 13.9. The molecule has 2 aromatic rings. The van der Waals surface area contributed by atoms with Gasteiger partial charge in [-0.05, 0) is 47.2 Å². The molecule has 0 bridgehead atoms. The van der Waals surface area contributed by atoms with Crippen molar-refractivity contribution in [1.29, 1.82) is 0 Å². The Morgan fingerprint density at radius 2 is 1.80 bits per heavy atom. The summed E-state index contributed by atoms with van der Waals surface area (Å²) in [6.45, 7) is 4.25. The molecule has 0 amide bonds. The first-order valence-electron chi connectivity index (χ1n) is 6.77. The van der Waals surface area contributed by atoms with Crippen molar-refractivity contribution >= 4 is 27.5 Å². The fourth-order valence-corrected chi connectivity index (χ4v) is 3.40. The van der Waals surface area contributed by atoms with E-state index in [9.17, 15) is 4.39 Å². The molecule has 0 aliphatic heterocycles. The van der Waals surface area contributed by atoms with Crippen molar-refractivity contribution in [2.45, 2.75) is 32.1 Å².